The number of oxazole rings is 1. The van der Waals surface area contributed by atoms with Gasteiger partial charge < -0.3 is 30.3 Å². The second-order valence-electron chi connectivity index (χ2n) is 10.0. The van der Waals surface area contributed by atoms with Crippen molar-refractivity contribution in [2.24, 2.45) is 11.7 Å². The molecular weight excluding hydrogens is 560 g/mol. The molecule has 1 aromatic heterocycles. The molecule has 0 aliphatic heterocycles. The summed E-state index contributed by atoms with van der Waals surface area (Å²) in [6.07, 6.45) is 3.64. The van der Waals surface area contributed by atoms with Crippen LogP contribution in [0.15, 0.2) is 40.8 Å². The van der Waals surface area contributed by atoms with Gasteiger partial charge in [-0.15, -0.1) is 0 Å². The van der Waals surface area contributed by atoms with Gasteiger partial charge >= 0.3 is 6.61 Å². The molecule has 1 atom stereocenters. The number of carbonyl (C=O) groups is 2. The number of unbranched alkanes of at least 4 members (excludes halogenated alkanes) is 1. The molecule has 9 nitrogen and oxygen atoms in total. The third-order valence-corrected chi connectivity index (χ3v) is 6.48. The largest absolute Gasteiger partial charge is 0.490 e. The monoisotopic (exact) mass is 592 g/mol. The van der Waals surface area contributed by atoms with E-state index in [9.17, 15) is 27.2 Å². The summed E-state index contributed by atoms with van der Waals surface area (Å²) in [7, 11) is 0. The van der Waals surface area contributed by atoms with Crippen LogP contribution in [0.4, 0.5) is 17.6 Å². The van der Waals surface area contributed by atoms with Crippen LogP contribution in [0.3, 0.4) is 0 Å². The Morgan fingerprint density at radius 3 is 2.57 bits per heavy atom. The first-order valence-corrected chi connectivity index (χ1v) is 13.6. The highest BCUT2D eigenvalue weighted by molar-refractivity contribution is 5.94. The number of ether oxygens (including phenoxy) is 2. The van der Waals surface area contributed by atoms with E-state index in [-0.39, 0.29) is 59.0 Å². The minimum atomic E-state index is -3.10. The highest BCUT2D eigenvalue weighted by Crippen LogP contribution is 2.35. The van der Waals surface area contributed by atoms with Gasteiger partial charge in [-0.2, -0.15) is 8.78 Å². The molecule has 1 saturated carbocycles. The molecule has 42 heavy (non-hydrogen) atoms. The Kier molecular flexibility index (Phi) is 10.4. The van der Waals surface area contributed by atoms with Gasteiger partial charge in [-0.25, -0.2) is 13.8 Å². The molecule has 1 fully saturated rings. The molecule has 4 N–H and O–H groups in total. The average Bonchev–Trinajstić information content (AvgIpc) is 3.66. The predicted octanol–water partition coefficient (Wildman–Crippen LogP) is 5.25. The van der Waals surface area contributed by atoms with E-state index >= 15 is 0 Å². The predicted molar refractivity (Wildman–Crippen MR) is 144 cm³/mol. The van der Waals surface area contributed by atoms with Crippen LogP contribution in [0.25, 0.3) is 11.5 Å². The zero-order valence-corrected chi connectivity index (χ0v) is 22.9. The molecule has 1 aliphatic carbocycles. The Hall–Kier alpha value is -4.13. The number of hydrogen-bond donors (Lipinski definition) is 3. The molecule has 13 heteroatoms. The van der Waals surface area contributed by atoms with Crippen molar-refractivity contribution in [3.8, 4) is 23.0 Å². The van der Waals surface area contributed by atoms with Crippen LogP contribution in [0.1, 0.15) is 66.9 Å². The molecule has 4 rings (SSSR count). The van der Waals surface area contributed by atoms with Gasteiger partial charge in [0.25, 0.3) is 5.91 Å². The lowest BCUT2D eigenvalue weighted by Crippen LogP contribution is -2.25. The lowest BCUT2D eigenvalue weighted by Gasteiger charge is -2.13. The van der Waals surface area contributed by atoms with Gasteiger partial charge in [0.1, 0.15) is 11.6 Å². The van der Waals surface area contributed by atoms with Gasteiger partial charge in [0.15, 0.2) is 23.0 Å². The van der Waals surface area contributed by atoms with Gasteiger partial charge in [0.2, 0.25) is 11.8 Å². The normalized spacial score (nSPS) is 13.6. The Bertz CT molecular complexity index is 1390. The van der Waals surface area contributed by atoms with Crippen molar-refractivity contribution in [2.75, 3.05) is 13.2 Å². The van der Waals surface area contributed by atoms with Gasteiger partial charge in [0, 0.05) is 36.7 Å². The highest BCUT2D eigenvalue weighted by Gasteiger charge is 2.25. The number of aromatic nitrogens is 1. The maximum atomic E-state index is 14.0. The summed E-state index contributed by atoms with van der Waals surface area (Å²) in [6.45, 7) is -0.950. The summed E-state index contributed by atoms with van der Waals surface area (Å²) in [6, 6.07) is 6.27. The number of carbonyl (C=O) groups excluding carboxylic acids is 2. The number of halogens is 4. The van der Waals surface area contributed by atoms with Gasteiger partial charge in [-0.3, -0.25) is 9.59 Å². The first-order chi connectivity index (χ1) is 20.1. The summed E-state index contributed by atoms with van der Waals surface area (Å²) < 4.78 is 69.2. The van der Waals surface area contributed by atoms with E-state index in [1.165, 1.54) is 24.3 Å². The molecule has 3 aromatic rings. The van der Waals surface area contributed by atoms with Crippen molar-refractivity contribution >= 4 is 11.8 Å². The highest BCUT2D eigenvalue weighted by atomic mass is 19.3. The molecule has 226 valence electrons. The first-order valence-electron chi connectivity index (χ1n) is 13.6. The Balaban J connectivity index is 1.44. The minimum absolute atomic E-state index is 0.00989. The van der Waals surface area contributed by atoms with Crippen LogP contribution in [-0.4, -0.2) is 36.6 Å². The van der Waals surface area contributed by atoms with Crippen molar-refractivity contribution in [2.45, 2.75) is 58.2 Å². The fraction of sp³-hybridized carbons (Fsp3) is 0.414. The number of nitrogens with one attached hydrogen (secondary N) is 2. The third kappa shape index (κ3) is 8.68. The Morgan fingerprint density at radius 1 is 1.10 bits per heavy atom. The second kappa shape index (κ2) is 14.2. The zero-order valence-electron chi connectivity index (χ0n) is 22.9. The fourth-order valence-corrected chi connectivity index (χ4v) is 4.04. The molecule has 0 radical (unpaired) electrons. The lowest BCUT2D eigenvalue weighted by molar-refractivity contribution is -0.121. The molecule has 0 bridgehead atoms. The summed E-state index contributed by atoms with van der Waals surface area (Å²) in [5.74, 6) is -1.96. The number of amides is 2. The molecular formula is C29H32F4N4O5. The quantitative estimate of drug-likeness (QED) is 0.163. The molecule has 0 unspecified atom stereocenters. The SMILES string of the molecule is C[C@H](N)c1oc(-c2ccc(OC(F)F)c(OCCCCC(=O)NCC3CC3)c2)nc1C(=O)NCc1ccc(F)cc1F. The zero-order chi connectivity index (χ0) is 30.2. The molecule has 2 aromatic carbocycles. The van der Waals surface area contributed by atoms with E-state index < -0.39 is 30.2 Å². The standard InChI is InChI=1S/C29H32F4N4O5/c1-16(34)26-25(27(39)36-15-19-7-9-20(30)13-21(19)31)37-28(42-26)18-8-10-22(41-29(32)33)23(12-18)40-11-3-2-4-24(38)35-14-17-5-6-17/h7-10,12-13,16-17,29H,2-6,11,14-15,34H2,1H3,(H,35,38)(H,36,39)/t16-/m0/s1. The van der Waals surface area contributed by atoms with E-state index in [4.69, 9.17) is 14.9 Å². The van der Waals surface area contributed by atoms with Gasteiger partial charge in [0.05, 0.1) is 12.6 Å². The molecule has 0 saturated heterocycles. The van der Waals surface area contributed by atoms with Crippen LogP contribution in [-0.2, 0) is 11.3 Å². The average molecular weight is 593 g/mol. The topological polar surface area (TPSA) is 129 Å². The summed E-state index contributed by atoms with van der Waals surface area (Å²) in [4.78, 5) is 29.0. The summed E-state index contributed by atoms with van der Waals surface area (Å²) in [5.41, 5.74) is 6.18. The van der Waals surface area contributed by atoms with E-state index in [0.717, 1.165) is 18.9 Å². The van der Waals surface area contributed by atoms with Crippen LogP contribution in [0.5, 0.6) is 11.5 Å². The number of rotatable bonds is 15. The van der Waals surface area contributed by atoms with E-state index in [0.29, 0.717) is 37.8 Å². The van der Waals surface area contributed by atoms with Crippen molar-refractivity contribution in [3.63, 3.8) is 0 Å². The Labute approximate surface area is 239 Å². The third-order valence-electron chi connectivity index (χ3n) is 6.48. The van der Waals surface area contributed by atoms with Crippen LogP contribution < -0.4 is 25.8 Å². The van der Waals surface area contributed by atoms with E-state index in [1.54, 1.807) is 6.92 Å². The maximum absolute atomic E-state index is 14.0. The van der Waals surface area contributed by atoms with Crippen LogP contribution in [0.2, 0.25) is 0 Å². The lowest BCUT2D eigenvalue weighted by atomic mass is 10.2. The summed E-state index contributed by atoms with van der Waals surface area (Å²) in [5, 5.41) is 5.39. The minimum Gasteiger partial charge on any atom is -0.490 e. The maximum Gasteiger partial charge on any atom is 0.387 e. The van der Waals surface area contributed by atoms with Crippen LogP contribution in [0, 0.1) is 17.6 Å². The van der Waals surface area contributed by atoms with Crippen LogP contribution >= 0.6 is 0 Å². The summed E-state index contributed by atoms with van der Waals surface area (Å²) >= 11 is 0. The fourth-order valence-electron chi connectivity index (χ4n) is 4.04. The van der Waals surface area contributed by atoms with Gasteiger partial charge in [-0.1, -0.05) is 6.07 Å². The Morgan fingerprint density at radius 2 is 1.88 bits per heavy atom. The van der Waals surface area contributed by atoms with Crippen molar-refractivity contribution in [1.29, 1.82) is 0 Å². The first kappa shape index (κ1) is 30.8. The number of nitrogens with zero attached hydrogens (tertiary/aromatic N) is 1. The molecule has 1 heterocycles. The van der Waals surface area contributed by atoms with Crippen molar-refractivity contribution < 1.29 is 41.0 Å². The number of benzene rings is 2. The number of alkyl halides is 2. The molecule has 1 aliphatic rings. The van der Waals surface area contributed by atoms with E-state index in [1.807, 2.05) is 0 Å². The molecule has 2 amide bonds. The van der Waals surface area contributed by atoms with E-state index in [2.05, 4.69) is 20.4 Å². The number of hydrogen-bond acceptors (Lipinski definition) is 7. The second-order valence-corrected chi connectivity index (χ2v) is 10.0. The van der Waals surface area contributed by atoms with Gasteiger partial charge in [-0.05, 0) is 62.8 Å². The smallest absolute Gasteiger partial charge is 0.387 e. The van der Waals surface area contributed by atoms with Crippen molar-refractivity contribution in [3.05, 3.63) is 65.1 Å². The molecule has 0 spiro atoms. The number of nitrogens with two attached hydrogens (primary N) is 1. The van der Waals surface area contributed by atoms with Crippen molar-refractivity contribution in [1.82, 2.24) is 15.6 Å².